The summed E-state index contributed by atoms with van der Waals surface area (Å²) in [6.45, 7) is 7.13. The van der Waals surface area contributed by atoms with Gasteiger partial charge in [-0.3, -0.25) is 4.79 Å². The van der Waals surface area contributed by atoms with Crippen LogP contribution in [-0.4, -0.2) is 24.5 Å². The summed E-state index contributed by atoms with van der Waals surface area (Å²) in [5, 5.41) is 3.02. The standard InChI is InChI=1S/C10H17NO3.ClH/c1-10(2,3)4-5-11-7-6-8(12)14-9(7)13;/h7,11H,4-6H2,1-3H3;1H/t7-;/m0./s1. The minimum absolute atomic E-state index is 0. The van der Waals surface area contributed by atoms with Crippen LogP contribution in [0.15, 0.2) is 0 Å². The van der Waals surface area contributed by atoms with Crippen molar-refractivity contribution in [3.05, 3.63) is 0 Å². The molecule has 0 aromatic carbocycles. The van der Waals surface area contributed by atoms with E-state index in [1.165, 1.54) is 0 Å². The molecule has 0 unspecified atom stereocenters. The Balaban J connectivity index is 0.00000196. The Morgan fingerprint density at radius 3 is 2.40 bits per heavy atom. The molecule has 1 aliphatic rings. The van der Waals surface area contributed by atoms with Crippen LogP contribution in [-0.2, 0) is 14.3 Å². The maximum absolute atomic E-state index is 11.0. The molecule has 0 amide bonds. The van der Waals surface area contributed by atoms with E-state index < -0.39 is 18.0 Å². The van der Waals surface area contributed by atoms with Gasteiger partial charge in [0.25, 0.3) is 0 Å². The van der Waals surface area contributed by atoms with Crippen LogP contribution >= 0.6 is 12.4 Å². The zero-order valence-corrected chi connectivity index (χ0v) is 10.1. The fourth-order valence-electron chi connectivity index (χ4n) is 1.25. The van der Waals surface area contributed by atoms with E-state index in [9.17, 15) is 9.59 Å². The highest BCUT2D eigenvalue weighted by molar-refractivity contribution is 5.96. The van der Waals surface area contributed by atoms with Crippen LogP contribution in [0, 0.1) is 5.41 Å². The van der Waals surface area contributed by atoms with Crippen molar-refractivity contribution in [2.75, 3.05) is 6.54 Å². The van der Waals surface area contributed by atoms with Gasteiger partial charge in [-0.15, -0.1) is 12.4 Å². The zero-order valence-electron chi connectivity index (χ0n) is 9.33. The van der Waals surface area contributed by atoms with Crippen molar-refractivity contribution >= 4 is 24.3 Å². The molecule has 4 nitrogen and oxygen atoms in total. The molecule has 1 fully saturated rings. The van der Waals surface area contributed by atoms with E-state index in [1.54, 1.807) is 0 Å². The summed E-state index contributed by atoms with van der Waals surface area (Å²) in [5.74, 6) is -0.868. The van der Waals surface area contributed by atoms with Gasteiger partial charge in [0, 0.05) is 0 Å². The number of rotatable bonds is 3. The van der Waals surface area contributed by atoms with Gasteiger partial charge in [-0.25, -0.2) is 4.79 Å². The minimum atomic E-state index is -0.441. The average molecular weight is 236 g/mol. The fourth-order valence-corrected chi connectivity index (χ4v) is 1.25. The molecular weight excluding hydrogens is 218 g/mol. The maximum Gasteiger partial charge on any atom is 0.331 e. The van der Waals surface area contributed by atoms with Gasteiger partial charge in [-0.1, -0.05) is 20.8 Å². The minimum Gasteiger partial charge on any atom is -0.392 e. The number of cyclic esters (lactones) is 2. The predicted octanol–water partition coefficient (Wildman–Crippen LogP) is 1.28. The number of hydrogen-bond acceptors (Lipinski definition) is 4. The van der Waals surface area contributed by atoms with E-state index in [1.807, 2.05) is 0 Å². The molecule has 1 atom stereocenters. The maximum atomic E-state index is 11.0. The molecule has 1 heterocycles. The van der Waals surface area contributed by atoms with Crippen LogP contribution in [0.1, 0.15) is 33.6 Å². The van der Waals surface area contributed by atoms with Crippen LogP contribution in [0.5, 0.6) is 0 Å². The SMILES string of the molecule is CC(C)(C)CCN[C@H]1CC(=O)OC1=O.Cl. The first-order valence-corrected chi connectivity index (χ1v) is 4.86. The molecule has 0 saturated carbocycles. The van der Waals surface area contributed by atoms with Crippen molar-refractivity contribution in [3.8, 4) is 0 Å². The Morgan fingerprint density at radius 2 is 2.00 bits per heavy atom. The van der Waals surface area contributed by atoms with Gasteiger partial charge in [0.2, 0.25) is 0 Å². The normalized spacial score (nSPS) is 21.1. The van der Waals surface area contributed by atoms with E-state index in [-0.39, 0.29) is 24.2 Å². The zero-order chi connectivity index (χ0) is 10.8. The number of carbonyl (C=O) groups excluding carboxylic acids is 2. The van der Waals surface area contributed by atoms with Crippen LogP contribution in [0.3, 0.4) is 0 Å². The van der Waals surface area contributed by atoms with E-state index in [4.69, 9.17) is 0 Å². The van der Waals surface area contributed by atoms with Gasteiger partial charge in [-0.2, -0.15) is 0 Å². The third-order valence-electron chi connectivity index (χ3n) is 2.14. The van der Waals surface area contributed by atoms with Crippen molar-refractivity contribution in [1.29, 1.82) is 0 Å². The molecule has 0 radical (unpaired) electrons. The summed E-state index contributed by atoms with van der Waals surface area (Å²) in [6.07, 6.45) is 1.13. The molecule has 15 heavy (non-hydrogen) atoms. The molecular formula is C10H18ClNO3. The lowest BCUT2D eigenvalue weighted by atomic mass is 9.92. The topological polar surface area (TPSA) is 55.4 Å². The van der Waals surface area contributed by atoms with Crippen molar-refractivity contribution in [3.63, 3.8) is 0 Å². The Bertz CT molecular complexity index is 248. The first-order chi connectivity index (χ1) is 6.38. The lowest BCUT2D eigenvalue weighted by Gasteiger charge is -2.18. The van der Waals surface area contributed by atoms with Gasteiger partial charge >= 0.3 is 11.9 Å². The molecule has 0 aromatic heterocycles. The molecule has 1 aliphatic heterocycles. The van der Waals surface area contributed by atoms with E-state index in [0.29, 0.717) is 0 Å². The third kappa shape index (κ3) is 5.14. The Hall–Kier alpha value is -0.610. The largest absolute Gasteiger partial charge is 0.392 e. The quantitative estimate of drug-likeness (QED) is 0.592. The molecule has 0 bridgehead atoms. The van der Waals surface area contributed by atoms with Crippen LogP contribution in [0.4, 0.5) is 0 Å². The highest BCUT2D eigenvalue weighted by atomic mass is 35.5. The van der Waals surface area contributed by atoms with Gasteiger partial charge in [0.1, 0.15) is 6.04 Å². The number of ether oxygens (including phenoxy) is 1. The van der Waals surface area contributed by atoms with Gasteiger partial charge < -0.3 is 10.1 Å². The van der Waals surface area contributed by atoms with Crippen molar-refractivity contribution in [1.82, 2.24) is 5.32 Å². The summed E-state index contributed by atoms with van der Waals surface area (Å²) >= 11 is 0. The third-order valence-corrected chi connectivity index (χ3v) is 2.14. The second-order valence-electron chi connectivity index (χ2n) is 4.81. The molecule has 0 spiro atoms. The molecule has 0 aromatic rings. The van der Waals surface area contributed by atoms with E-state index >= 15 is 0 Å². The molecule has 1 N–H and O–H groups in total. The number of hydrogen-bond donors (Lipinski definition) is 1. The molecule has 0 aliphatic carbocycles. The summed E-state index contributed by atoms with van der Waals surface area (Å²) in [4.78, 5) is 21.8. The van der Waals surface area contributed by atoms with Crippen molar-refractivity contribution in [2.45, 2.75) is 39.7 Å². The number of esters is 2. The smallest absolute Gasteiger partial charge is 0.331 e. The fraction of sp³-hybridized carbons (Fsp3) is 0.800. The van der Waals surface area contributed by atoms with Gasteiger partial charge in [-0.05, 0) is 18.4 Å². The number of halogens is 1. The molecule has 1 rings (SSSR count). The highest BCUT2D eigenvalue weighted by Crippen LogP contribution is 2.17. The first kappa shape index (κ1) is 14.4. The number of carbonyl (C=O) groups is 2. The van der Waals surface area contributed by atoms with Crippen LogP contribution < -0.4 is 5.32 Å². The van der Waals surface area contributed by atoms with Crippen molar-refractivity contribution in [2.24, 2.45) is 5.41 Å². The van der Waals surface area contributed by atoms with Crippen LogP contribution in [0.25, 0.3) is 0 Å². The number of nitrogens with one attached hydrogen (secondary N) is 1. The Labute approximate surface area is 96.2 Å². The lowest BCUT2D eigenvalue weighted by molar-refractivity contribution is -0.152. The Kier molecular flexibility index (Phi) is 5.24. The second-order valence-corrected chi connectivity index (χ2v) is 4.81. The average Bonchev–Trinajstić information content (AvgIpc) is 2.27. The monoisotopic (exact) mass is 235 g/mol. The highest BCUT2D eigenvalue weighted by Gasteiger charge is 2.32. The first-order valence-electron chi connectivity index (χ1n) is 4.86. The summed E-state index contributed by atoms with van der Waals surface area (Å²) < 4.78 is 4.42. The molecule has 1 saturated heterocycles. The summed E-state index contributed by atoms with van der Waals surface area (Å²) in [7, 11) is 0. The Morgan fingerprint density at radius 1 is 1.40 bits per heavy atom. The predicted molar refractivity (Wildman–Crippen MR) is 58.8 cm³/mol. The summed E-state index contributed by atoms with van der Waals surface area (Å²) in [5.41, 5.74) is 0.236. The van der Waals surface area contributed by atoms with Crippen LogP contribution in [0.2, 0.25) is 0 Å². The second kappa shape index (κ2) is 5.47. The summed E-state index contributed by atoms with van der Waals surface area (Å²) in [6, 6.07) is -0.426. The van der Waals surface area contributed by atoms with Gasteiger partial charge in [0.15, 0.2) is 0 Å². The van der Waals surface area contributed by atoms with Gasteiger partial charge in [0.05, 0.1) is 6.42 Å². The van der Waals surface area contributed by atoms with E-state index in [2.05, 4.69) is 30.8 Å². The van der Waals surface area contributed by atoms with Crippen molar-refractivity contribution < 1.29 is 14.3 Å². The lowest BCUT2D eigenvalue weighted by Crippen LogP contribution is -2.35. The molecule has 5 heteroatoms. The molecule has 88 valence electrons. The van der Waals surface area contributed by atoms with E-state index in [0.717, 1.165) is 13.0 Å².